The number of nitrogens with one attached hydrogen (secondary N) is 1. The van der Waals surface area contributed by atoms with Crippen LogP contribution in [0, 0.1) is 0 Å². The van der Waals surface area contributed by atoms with Crippen LogP contribution < -0.4 is 5.32 Å². The van der Waals surface area contributed by atoms with Gasteiger partial charge in [-0.15, -0.1) is 0 Å². The van der Waals surface area contributed by atoms with Crippen LogP contribution >= 0.6 is 0 Å². The highest BCUT2D eigenvalue weighted by Gasteiger charge is 2.21. The van der Waals surface area contributed by atoms with Gasteiger partial charge in [0.05, 0.1) is 6.10 Å². The molecule has 0 saturated carbocycles. The first-order chi connectivity index (χ1) is 8.54. The lowest BCUT2D eigenvalue weighted by atomic mass is 10.0. The van der Waals surface area contributed by atoms with E-state index in [1.165, 1.54) is 6.07 Å². The zero-order valence-electron chi connectivity index (χ0n) is 10.9. The number of phenols is 2. The van der Waals surface area contributed by atoms with E-state index < -0.39 is 0 Å². The minimum absolute atomic E-state index is 0.0956. The highest BCUT2D eigenvalue weighted by molar-refractivity contribution is 5.37. The molecule has 1 aliphatic rings. The van der Waals surface area contributed by atoms with Crippen LogP contribution in [0.15, 0.2) is 18.2 Å². The Morgan fingerprint density at radius 1 is 1.28 bits per heavy atom. The van der Waals surface area contributed by atoms with E-state index in [0.29, 0.717) is 12.1 Å². The quantitative estimate of drug-likeness (QED) is 0.771. The Labute approximate surface area is 108 Å². The Balaban J connectivity index is 2.00. The number of benzene rings is 1. The largest absolute Gasteiger partial charge is 0.508 e. The van der Waals surface area contributed by atoms with E-state index in [9.17, 15) is 10.2 Å². The normalized spacial score (nSPS) is 25.9. The summed E-state index contributed by atoms with van der Waals surface area (Å²) in [6.45, 7) is 4.91. The zero-order valence-corrected chi connectivity index (χ0v) is 10.9. The number of rotatable bonds is 3. The first kappa shape index (κ1) is 13.2. The van der Waals surface area contributed by atoms with Crippen molar-refractivity contribution >= 4 is 0 Å². The third kappa shape index (κ3) is 3.37. The van der Waals surface area contributed by atoms with Crippen molar-refractivity contribution in [3.63, 3.8) is 0 Å². The van der Waals surface area contributed by atoms with Crippen LogP contribution in [0.3, 0.4) is 0 Å². The van der Waals surface area contributed by atoms with Gasteiger partial charge in [-0.2, -0.15) is 0 Å². The Hall–Kier alpha value is -1.26. The van der Waals surface area contributed by atoms with Crippen molar-refractivity contribution in [2.75, 3.05) is 6.61 Å². The molecule has 0 radical (unpaired) electrons. The van der Waals surface area contributed by atoms with E-state index in [0.717, 1.165) is 25.0 Å². The van der Waals surface area contributed by atoms with Crippen molar-refractivity contribution < 1.29 is 14.9 Å². The second-order valence-corrected chi connectivity index (χ2v) is 5.07. The van der Waals surface area contributed by atoms with Gasteiger partial charge in [0.25, 0.3) is 0 Å². The lowest BCUT2D eigenvalue weighted by Crippen LogP contribution is -2.39. The molecule has 1 saturated heterocycles. The van der Waals surface area contributed by atoms with Gasteiger partial charge in [-0.1, -0.05) is 0 Å². The van der Waals surface area contributed by atoms with Crippen molar-refractivity contribution in [2.24, 2.45) is 0 Å². The van der Waals surface area contributed by atoms with Gasteiger partial charge in [0.15, 0.2) is 0 Å². The molecule has 1 aromatic carbocycles. The van der Waals surface area contributed by atoms with Gasteiger partial charge in [-0.3, -0.25) is 0 Å². The van der Waals surface area contributed by atoms with Crippen LogP contribution in [-0.4, -0.2) is 29.0 Å². The first-order valence-electron chi connectivity index (χ1n) is 6.45. The van der Waals surface area contributed by atoms with Gasteiger partial charge >= 0.3 is 0 Å². The highest BCUT2D eigenvalue weighted by atomic mass is 16.5. The molecule has 4 heteroatoms. The van der Waals surface area contributed by atoms with Crippen LogP contribution in [0.4, 0.5) is 0 Å². The molecule has 0 aromatic heterocycles. The maximum absolute atomic E-state index is 9.48. The molecular formula is C14H21NO3. The maximum Gasteiger partial charge on any atom is 0.119 e. The van der Waals surface area contributed by atoms with E-state index in [1.54, 1.807) is 12.1 Å². The fraction of sp³-hybridized carbons (Fsp3) is 0.571. The van der Waals surface area contributed by atoms with Gasteiger partial charge in [0.1, 0.15) is 11.5 Å². The summed E-state index contributed by atoms with van der Waals surface area (Å²) in [5.74, 6) is 0.193. The molecule has 1 fully saturated rings. The Kier molecular flexibility index (Phi) is 4.09. The molecule has 0 bridgehead atoms. The number of hydrogen-bond donors (Lipinski definition) is 3. The summed E-state index contributed by atoms with van der Waals surface area (Å²) >= 11 is 0. The topological polar surface area (TPSA) is 61.7 Å². The molecule has 3 atom stereocenters. The fourth-order valence-electron chi connectivity index (χ4n) is 2.47. The Morgan fingerprint density at radius 2 is 1.94 bits per heavy atom. The average Bonchev–Trinajstić information content (AvgIpc) is 2.27. The molecule has 3 unspecified atom stereocenters. The number of phenolic OH excluding ortho intramolecular Hbond substituents is 2. The van der Waals surface area contributed by atoms with E-state index >= 15 is 0 Å². The summed E-state index contributed by atoms with van der Waals surface area (Å²) in [5, 5.41) is 22.5. The second-order valence-electron chi connectivity index (χ2n) is 5.07. The van der Waals surface area contributed by atoms with Gasteiger partial charge in [0, 0.05) is 24.8 Å². The molecule has 18 heavy (non-hydrogen) atoms. The van der Waals surface area contributed by atoms with Crippen LogP contribution in [0.1, 0.15) is 38.3 Å². The number of ether oxygens (including phenoxy) is 1. The maximum atomic E-state index is 9.48. The summed E-state index contributed by atoms with van der Waals surface area (Å²) in [4.78, 5) is 0. The predicted molar refractivity (Wildman–Crippen MR) is 69.8 cm³/mol. The van der Waals surface area contributed by atoms with E-state index in [4.69, 9.17) is 4.74 Å². The van der Waals surface area contributed by atoms with E-state index in [2.05, 4.69) is 12.2 Å². The van der Waals surface area contributed by atoms with Crippen LogP contribution in [-0.2, 0) is 4.74 Å². The van der Waals surface area contributed by atoms with Crippen molar-refractivity contribution in [3.8, 4) is 11.5 Å². The van der Waals surface area contributed by atoms with Crippen molar-refractivity contribution in [1.82, 2.24) is 5.32 Å². The van der Waals surface area contributed by atoms with Gasteiger partial charge in [0.2, 0.25) is 0 Å². The summed E-state index contributed by atoms with van der Waals surface area (Å²) in [5.41, 5.74) is 0.895. The standard InChI is InChI=1S/C14H21NO3/c1-9-5-12(3-4-18-9)15-10(2)11-6-13(16)8-14(17)7-11/h6-10,12,15-17H,3-5H2,1-2H3. The van der Waals surface area contributed by atoms with Crippen LogP contribution in [0.2, 0.25) is 0 Å². The SMILES string of the molecule is CC1CC(NC(C)c2cc(O)cc(O)c2)CCO1. The Morgan fingerprint density at radius 3 is 2.56 bits per heavy atom. The highest BCUT2D eigenvalue weighted by Crippen LogP contribution is 2.26. The molecule has 0 amide bonds. The first-order valence-corrected chi connectivity index (χ1v) is 6.45. The third-order valence-corrected chi connectivity index (χ3v) is 3.40. The Bertz CT molecular complexity index is 388. The summed E-state index contributed by atoms with van der Waals surface area (Å²) in [7, 11) is 0. The number of hydrogen-bond acceptors (Lipinski definition) is 4. The summed E-state index contributed by atoms with van der Waals surface area (Å²) < 4.78 is 5.51. The molecule has 4 nitrogen and oxygen atoms in total. The molecule has 0 aliphatic carbocycles. The van der Waals surface area contributed by atoms with E-state index in [-0.39, 0.29) is 17.5 Å². The lowest BCUT2D eigenvalue weighted by Gasteiger charge is -2.30. The van der Waals surface area contributed by atoms with Crippen molar-refractivity contribution in [1.29, 1.82) is 0 Å². The molecule has 1 aliphatic heterocycles. The molecule has 100 valence electrons. The second kappa shape index (κ2) is 5.59. The van der Waals surface area contributed by atoms with Crippen molar-refractivity contribution in [3.05, 3.63) is 23.8 Å². The van der Waals surface area contributed by atoms with Crippen molar-refractivity contribution in [2.45, 2.75) is 44.9 Å². The summed E-state index contributed by atoms with van der Waals surface area (Å²) in [6, 6.07) is 5.22. The number of aromatic hydroxyl groups is 2. The molecule has 1 aromatic rings. The van der Waals surface area contributed by atoms with Gasteiger partial charge < -0.3 is 20.3 Å². The lowest BCUT2D eigenvalue weighted by molar-refractivity contribution is 0.0116. The molecule has 3 N–H and O–H groups in total. The molecule has 2 rings (SSSR count). The summed E-state index contributed by atoms with van der Waals surface area (Å²) in [6.07, 6.45) is 2.29. The predicted octanol–water partition coefficient (Wildman–Crippen LogP) is 2.32. The smallest absolute Gasteiger partial charge is 0.119 e. The molecule has 1 heterocycles. The van der Waals surface area contributed by atoms with E-state index in [1.807, 2.05) is 6.92 Å². The van der Waals surface area contributed by atoms with Crippen LogP contribution in [0.25, 0.3) is 0 Å². The average molecular weight is 251 g/mol. The molecular weight excluding hydrogens is 230 g/mol. The minimum Gasteiger partial charge on any atom is -0.508 e. The third-order valence-electron chi connectivity index (χ3n) is 3.40. The monoisotopic (exact) mass is 251 g/mol. The van der Waals surface area contributed by atoms with Gasteiger partial charge in [-0.25, -0.2) is 0 Å². The fourth-order valence-corrected chi connectivity index (χ4v) is 2.47. The zero-order chi connectivity index (χ0) is 13.1. The molecule has 0 spiro atoms. The van der Waals surface area contributed by atoms with Gasteiger partial charge in [-0.05, 0) is 44.4 Å². The minimum atomic E-state index is 0.0956. The van der Waals surface area contributed by atoms with Crippen LogP contribution in [0.5, 0.6) is 11.5 Å².